The molecule has 7 heteroatoms. The van der Waals surface area contributed by atoms with Crippen LogP contribution in [0.2, 0.25) is 5.02 Å². The van der Waals surface area contributed by atoms with E-state index < -0.39 is 0 Å². The molecule has 5 nitrogen and oxygen atoms in total. The number of benzene rings is 2. The molecule has 0 saturated carbocycles. The number of terminal acetylenes is 1. The first-order valence-electron chi connectivity index (χ1n) is 8.40. The number of ether oxygens (including phenoxy) is 2. The summed E-state index contributed by atoms with van der Waals surface area (Å²) in [5.74, 6) is 3.05. The number of amides is 2. The molecular weight excluding hydrogens is 398 g/mol. The lowest BCUT2D eigenvalue weighted by atomic mass is 10.1. The van der Waals surface area contributed by atoms with Gasteiger partial charge in [-0.1, -0.05) is 23.6 Å². The van der Waals surface area contributed by atoms with Crippen molar-refractivity contribution in [2.75, 3.05) is 18.1 Å². The largest absolute Gasteiger partial charge is 0.490 e. The Balaban J connectivity index is 1.88. The topological polar surface area (TPSA) is 55.8 Å². The summed E-state index contributed by atoms with van der Waals surface area (Å²) in [6.07, 6.45) is 6.87. The third-order valence-corrected chi connectivity index (χ3v) is 4.88. The van der Waals surface area contributed by atoms with Gasteiger partial charge in [-0.2, -0.15) is 0 Å². The molecule has 0 aromatic heterocycles. The number of rotatable bonds is 6. The van der Waals surface area contributed by atoms with Gasteiger partial charge in [0, 0.05) is 5.02 Å². The van der Waals surface area contributed by atoms with Gasteiger partial charge in [-0.25, -0.2) is 4.90 Å². The zero-order chi connectivity index (χ0) is 20.1. The number of thioether (sulfide) groups is 1. The molecular formula is C21H16ClNO4S. The van der Waals surface area contributed by atoms with Gasteiger partial charge in [0.15, 0.2) is 11.5 Å². The second-order valence-electron chi connectivity index (χ2n) is 5.63. The summed E-state index contributed by atoms with van der Waals surface area (Å²) >= 11 is 6.75. The maximum Gasteiger partial charge on any atom is 0.298 e. The van der Waals surface area contributed by atoms with Crippen LogP contribution in [0.3, 0.4) is 0 Å². The number of carbonyl (C=O) groups excluding carboxylic acids is 2. The van der Waals surface area contributed by atoms with Crippen molar-refractivity contribution in [2.24, 2.45) is 0 Å². The van der Waals surface area contributed by atoms with Crippen LogP contribution in [0.1, 0.15) is 12.5 Å². The molecule has 2 amide bonds. The summed E-state index contributed by atoms with van der Waals surface area (Å²) in [5.41, 5.74) is 1.18. The van der Waals surface area contributed by atoms with Gasteiger partial charge in [-0.3, -0.25) is 9.59 Å². The van der Waals surface area contributed by atoms with E-state index in [-0.39, 0.29) is 17.8 Å². The lowest BCUT2D eigenvalue weighted by molar-refractivity contribution is -0.113. The molecule has 0 aliphatic carbocycles. The summed E-state index contributed by atoms with van der Waals surface area (Å²) in [4.78, 5) is 26.5. The fraction of sp³-hybridized carbons (Fsp3) is 0.143. The molecule has 1 fully saturated rings. The van der Waals surface area contributed by atoms with Crippen molar-refractivity contribution in [3.8, 4) is 23.8 Å². The molecule has 1 heterocycles. The number of anilines is 1. The van der Waals surface area contributed by atoms with E-state index in [0.29, 0.717) is 39.3 Å². The number of imide groups is 1. The highest BCUT2D eigenvalue weighted by molar-refractivity contribution is 8.19. The Morgan fingerprint density at radius 3 is 2.57 bits per heavy atom. The van der Waals surface area contributed by atoms with Crippen molar-refractivity contribution in [1.29, 1.82) is 0 Å². The van der Waals surface area contributed by atoms with Crippen LogP contribution in [0.25, 0.3) is 6.08 Å². The predicted molar refractivity (Wildman–Crippen MR) is 112 cm³/mol. The molecule has 2 aromatic rings. The summed E-state index contributed by atoms with van der Waals surface area (Å²) in [5, 5.41) is 0.166. The first-order chi connectivity index (χ1) is 13.5. The maximum absolute atomic E-state index is 12.7. The van der Waals surface area contributed by atoms with E-state index in [1.54, 1.807) is 48.5 Å². The van der Waals surface area contributed by atoms with Gasteiger partial charge in [0.2, 0.25) is 0 Å². The number of carbonyl (C=O) groups is 2. The Bertz CT molecular complexity index is 979. The zero-order valence-corrected chi connectivity index (χ0v) is 16.5. The number of hydrogen-bond donors (Lipinski definition) is 0. The van der Waals surface area contributed by atoms with Crippen LogP contribution in [0.4, 0.5) is 10.5 Å². The summed E-state index contributed by atoms with van der Waals surface area (Å²) in [7, 11) is 0. The highest BCUT2D eigenvalue weighted by Crippen LogP contribution is 2.37. The average Bonchev–Trinajstić information content (AvgIpc) is 2.95. The molecule has 0 N–H and O–H groups in total. The molecule has 2 aromatic carbocycles. The molecule has 0 radical (unpaired) electrons. The number of hydrogen-bond acceptors (Lipinski definition) is 5. The molecule has 0 atom stereocenters. The normalized spacial score (nSPS) is 15.0. The first kappa shape index (κ1) is 19.9. The molecule has 0 spiro atoms. The Labute approximate surface area is 172 Å². The molecule has 1 aliphatic heterocycles. The SMILES string of the molecule is C#CCOc1ccc(/C=C2/SC(=O)N(c3ccc(Cl)cc3)C2=O)cc1OCC. The minimum atomic E-state index is -0.386. The van der Waals surface area contributed by atoms with Crippen molar-refractivity contribution in [2.45, 2.75) is 6.92 Å². The van der Waals surface area contributed by atoms with Gasteiger partial charge in [-0.05, 0) is 66.7 Å². The lowest BCUT2D eigenvalue weighted by Crippen LogP contribution is -2.27. The van der Waals surface area contributed by atoms with Crippen LogP contribution in [0, 0.1) is 12.3 Å². The van der Waals surface area contributed by atoms with Gasteiger partial charge < -0.3 is 9.47 Å². The van der Waals surface area contributed by atoms with Crippen molar-refractivity contribution >= 4 is 46.3 Å². The van der Waals surface area contributed by atoms with Crippen LogP contribution in [0.15, 0.2) is 47.4 Å². The van der Waals surface area contributed by atoms with E-state index >= 15 is 0 Å². The average molecular weight is 414 g/mol. The highest BCUT2D eigenvalue weighted by Gasteiger charge is 2.36. The van der Waals surface area contributed by atoms with E-state index in [9.17, 15) is 9.59 Å². The fourth-order valence-electron chi connectivity index (χ4n) is 2.55. The van der Waals surface area contributed by atoms with E-state index in [1.807, 2.05) is 6.92 Å². The molecule has 1 aliphatic rings. The minimum absolute atomic E-state index is 0.124. The standard InChI is InChI=1S/C21H16ClNO4S/c1-3-11-27-17-10-5-14(12-18(17)26-4-2)13-19-20(24)23(21(25)28-19)16-8-6-15(22)7-9-16/h1,5-10,12-13H,4,11H2,2H3/b19-13+. The van der Waals surface area contributed by atoms with E-state index in [2.05, 4.69) is 5.92 Å². The Morgan fingerprint density at radius 2 is 1.89 bits per heavy atom. The molecule has 1 saturated heterocycles. The zero-order valence-electron chi connectivity index (χ0n) is 15.0. The van der Waals surface area contributed by atoms with Gasteiger partial charge in [0.1, 0.15) is 6.61 Å². The van der Waals surface area contributed by atoms with Gasteiger partial charge in [-0.15, -0.1) is 6.42 Å². The quantitative estimate of drug-likeness (QED) is 0.493. The van der Waals surface area contributed by atoms with Crippen LogP contribution in [0.5, 0.6) is 11.5 Å². The number of halogens is 1. The molecule has 0 unspecified atom stereocenters. The van der Waals surface area contributed by atoms with Crippen molar-refractivity contribution < 1.29 is 19.1 Å². The second-order valence-corrected chi connectivity index (χ2v) is 7.06. The molecule has 28 heavy (non-hydrogen) atoms. The first-order valence-corrected chi connectivity index (χ1v) is 9.59. The van der Waals surface area contributed by atoms with E-state index in [1.165, 1.54) is 0 Å². The maximum atomic E-state index is 12.7. The third-order valence-electron chi connectivity index (χ3n) is 3.75. The molecule has 3 rings (SSSR count). The van der Waals surface area contributed by atoms with E-state index in [4.69, 9.17) is 27.5 Å². The lowest BCUT2D eigenvalue weighted by Gasteiger charge is -2.12. The minimum Gasteiger partial charge on any atom is -0.490 e. The van der Waals surface area contributed by atoms with Gasteiger partial charge in [0.05, 0.1) is 17.2 Å². The Kier molecular flexibility index (Phi) is 6.30. The smallest absolute Gasteiger partial charge is 0.298 e. The van der Waals surface area contributed by atoms with Crippen LogP contribution < -0.4 is 14.4 Å². The third kappa shape index (κ3) is 4.33. The highest BCUT2D eigenvalue weighted by atomic mass is 35.5. The van der Waals surface area contributed by atoms with Crippen molar-refractivity contribution in [3.63, 3.8) is 0 Å². The van der Waals surface area contributed by atoms with Crippen LogP contribution in [-0.2, 0) is 4.79 Å². The van der Waals surface area contributed by atoms with Crippen molar-refractivity contribution in [3.05, 3.63) is 58.0 Å². The summed E-state index contributed by atoms with van der Waals surface area (Å²) in [6.45, 7) is 2.43. The molecule has 0 bridgehead atoms. The molecule has 142 valence electrons. The van der Waals surface area contributed by atoms with Gasteiger partial charge in [0.25, 0.3) is 11.1 Å². The summed E-state index contributed by atoms with van der Waals surface area (Å²) < 4.78 is 11.0. The van der Waals surface area contributed by atoms with Crippen LogP contribution >= 0.6 is 23.4 Å². The predicted octanol–water partition coefficient (Wildman–Crippen LogP) is 4.99. The van der Waals surface area contributed by atoms with E-state index in [0.717, 1.165) is 16.7 Å². The Morgan fingerprint density at radius 1 is 1.14 bits per heavy atom. The Hall–Kier alpha value is -2.88. The second kappa shape index (κ2) is 8.87. The van der Waals surface area contributed by atoms with Crippen LogP contribution in [-0.4, -0.2) is 24.4 Å². The number of nitrogens with zero attached hydrogens (tertiary/aromatic N) is 1. The fourth-order valence-corrected chi connectivity index (χ4v) is 3.52. The monoisotopic (exact) mass is 413 g/mol. The van der Waals surface area contributed by atoms with Crippen molar-refractivity contribution in [1.82, 2.24) is 0 Å². The summed E-state index contributed by atoms with van der Waals surface area (Å²) in [6, 6.07) is 11.8. The van der Waals surface area contributed by atoms with Gasteiger partial charge >= 0.3 is 0 Å².